The molecule has 3 aromatic carbocycles. The Morgan fingerprint density at radius 3 is 2.69 bits per heavy atom. The maximum absolute atomic E-state index is 13.4. The number of carbonyl (C=O) groups excluding carboxylic acids is 1. The monoisotopic (exact) mass is 423 g/mol. The highest BCUT2D eigenvalue weighted by Crippen LogP contribution is 2.32. The number of hydrogen-bond acceptors (Lipinski definition) is 5. The third-order valence-corrected chi connectivity index (χ3v) is 6.13. The molecule has 6 rings (SSSR count). The summed E-state index contributed by atoms with van der Waals surface area (Å²) in [5.41, 5.74) is 3.96. The summed E-state index contributed by atoms with van der Waals surface area (Å²) in [7, 11) is 0. The van der Waals surface area contributed by atoms with E-state index in [0.29, 0.717) is 23.8 Å². The number of rotatable bonds is 3. The molecule has 158 valence electrons. The predicted octanol–water partition coefficient (Wildman–Crippen LogP) is 5.66. The molecule has 1 saturated heterocycles. The number of carbonyl (C=O) groups is 1. The van der Waals surface area contributed by atoms with E-state index in [0.717, 1.165) is 47.0 Å². The molecule has 1 atom stereocenters. The van der Waals surface area contributed by atoms with Gasteiger partial charge in [0.2, 0.25) is 0 Å². The van der Waals surface area contributed by atoms with Gasteiger partial charge in [-0.3, -0.25) is 4.79 Å². The number of fused-ring (bicyclic) bond motifs is 2. The van der Waals surface area contributed by atoms with Crippen LogP contribution in [0.25, 0.3) is 33.3 Å². The molecule has 1 fully saturated rings. The Hall–Kier alpha value is -3.93. The molecule has 0 N–H and O–H groups in total. The number of piperidine rings is 1. The molecule has 0 spiro atoms. The number of aromatic nitrogens is 2. The lowest BCUT2D eigenvalue weighted by Gasteiger charge is -2.31. The Balaban J connectivity index is 1.28. The van der Waals surface area contributed by atoms with Crippen molar-refractivity contribution in [1.29, 1.82) is 0 Å². The van der Waals surface area contributed by atoms with Crippen LogP contribution in [0.4, 0.5) is 0 Å². The molecule has 3 heterocycles. The molecule has 5 aromatic rings. The Morgan fingerprint density at radius 2 is 1.81 bits per heavy atom. The normalized spacial score (nSPS) is 16.6. The van der Waals surface area contributed by atoms with E-state index in [9.17, 15) is 4.79 Å². The van der Waals surface area contributed by atoms with Crippen LogP contribution in [0.2, 0.25) is 0 Å². The fraction of sp³-hybridized carbons (Fsp3) is 0.192. The van der Waals surface area contributed by atoms with Gasteiger partial charge in [0.15, 0.2) is 17.2 Å². The third-order valence-electron chi connectivity index (χ3n) is 6.13. The van der Waals surface area contributed by atoms with Gasteiger partial charge in [-0.2, -0.15) is 0 Å². The van der Waals surface area contributed by atoms with Crippen molar-refractivity contribution in [2.75, 3.05) is 13.1 Å². The fourth-order valence-electron chi connectivity index (χ4n) is 4.48. The molecule has 0 radical (unpaired) electrons. The van der Waals surface area contributed by atoms with Crippen molar-refractivity contribution in [3.8, 4) is 11.3 Å². The zero-order valence-electron chi connectivity index (χ0n) is 17.4. The minimum atomic E-state index is 0.00734. The molecular formula is C26H21N3O3. The largest absolute Gasteiger partial charge is 0.440 e. The molecule has 1 unspecified atom stereocenters. The maximum Gasteiger partial charge on any atom is 0.253 e. The van der Waals surface area contributed by atoms with Gasteiger partial charge in [0.25, 0.3) is 5.91 Å². The lowest BCUT2D eigenvalue weighted by Crippen LogP contribution is -2.39. The van der Waals surface area contributed by atoms with Gasteiger partial charge in [0.1, 0.15) is 11.0 Å². The van der Waals surface area contributed by atoms with E-state index in [1.54, 1.807) is 0 Å². The van der Waals surface area contributed by atoms with E-state index in [2.05, 4.69) is 10.1 Å². The van der Waals surface area contributed by atoms with Crippen LogP contribution >= 0.6 is 0 Å². The van der Waals surface area contributed by atoms with E-state index in [1.807, 2.05) is 77.7 Å². The highest BCUT2D eigenvalue weighted by atomic mass is 16.5. The second-order valence-corrected chi connectivity index (χ2v) is 8.22. The number of amides is 1. The molecule has 32 heavy (non-hydrogen) atoms. The average Bonchev–Trinajstić information content (AvgIpc) is 3.48. The number of hydrogen-bond donors (Lipinski definition) is 0. The number of nitrogens with zero attached hydrogens (tertiary/aromatic N) is 3. The molecule has 1 aliphatic rings. The standard InChI is InChI=1S/C26H21N3O3/c30-26(18-12-13-21-20(15-18)24(32-28-21)17-7-2-1-3-8-17)29-14-6-9-19(16-29)25-27-22-10-4-5-11-23(22)31-25/h1-5,7-8,10-13,15,19H,6,9,14,16H2. The highest BCUT2D eigenvalue weighted by Gasteiger charge is 2.29. The first kappa shape index (κ1) is 18.8. The summed E-state index contributed by atoms with van der Waals surface area (Å²) in [6.45, 7) is 1.32. The van der Waals surface area contributed by atoms with Crippen molar-refractivity contribution in [2.24, 2.45) is 0 Å². The van der Waals surface area contributed by atoms with E-state index < -0.39 is 0 Å². The Kier molecular flexibility index (Phi) is 4.49. The Bertz CT molecular complexity index is 1390. The molecule has 6 heteroatoms. The lowest BCUT2D eigenvalue weighted by molar-refractivity contribution is 0.0699. The summed E-state index contributed by atoms with van der Waals surface area (Å²) in [6, 6.07) is 23.2. The van der Waals surface area contributed by atoms with Crippen LogP contribution in [0.5, 0.6) is 0 Å². The van der Waals surface area contributed by atoms with Crippen molar-refractivity contribution >= 4 is 27.9 Å². The van der Waals surface area contributed by atoms with Gasteiger partial charge < -0.3 is 13.8 Å². The van der Waals surface area contributed by atoms with Crippen LogP contribution in [0.15, 0.2) is 81.7 Å². The molecule has 6 nitrogen and oxygen atoms in total. The zero-order valence-corrected chi connectivity index (χ0v) is 17.4. The SMILES string of the molecule is O=C(c1ccc2noc(-c3ccccc3)c2c1)N1CCCC(c2nc3ccccc3o2)C1. The number of likely N-dealkylation sites (tertiary alicyclic amines) is 1. The molecule has 2 aromatic heterocycles. The molecule has 0 aliphatic carbocycles. The smallest absolute Gasteiger partial charge is 0.253 e. The van der Waals surface area contributed by atoms with Gasteiger partial charge in [-0.05, 0) is 43.2 Å². The van der Waals surface area contributed by atoms with Crippen molar-refractivity contribution in [2.45, 2.75) is 18.8 Å². The first-order valence-electron chi connectivity index (χ1n) is 10.9. The van der Waals surface area contributed by atoms with Crippen LogP contribution in [0.1, 0.15) is 35.0 Å². The van der Waals surface area contributed by atoms with Crippen LogP contribution < -0.4 is 0 Å². The van der Waals surface area contributed by atoms with Gasteiger partial charge in [-0.15, -0.1) is 0 Å². The van der Waals surface area contributed by atoms with Crippen molar-refractivity contribution < 1.29 is 13.7 Å². The summed E-state index contributed by atoms with van der Waals surface area (Å²) in [5.74, 6) is 1.50. The Morgan fingerprint density at radius 1 is 0.969 bits per heavy atom. The summed E-state index contributed by atoms with van der Waals surface area (Å²) < 4.78 is 11.6. The van der Waals surface area contributed by atoms with Crippen LogP contribution in [0, 0.1) is 0 Å². The zero-order chi connectivity index (χ0) is 21.5. The maximum atomic E-state index is 13.4. The second-order valence-electron chi connectivity index (χ2n) is 8.22. The van der Waals surface area contributed by atoms with Gasteiger partial charge in [-0.25, -0.2) is 4.98 Å². The molecule has 0 saturated carbocycles. The van der Waals surface area contributed by atoms with E-state index in [4.69, 9.17) is 8.94 Å². The molecular weight excluding hydrogens is 402 g/mol. The van der Waals surface area contributed by atoms with Crippen LogP contribution in [-0.4, -0.2) is 34.0 Å². The summed E-state index contributed by atoms with van der Waals surface area (Å²) in [5, 5.41) is 5.00. The summed E-state index contributed by atoms with van der Waals surface area (Å²) in [4.78, 5) is 19.9. The van der Waals surface area contributed by atoms with E-state index in [-0.39, 0.29) is 11.8 Å². The van der Waals surface area contributed by atoms with Crippen LogP contribution in [-0.2, 0) is 0 Å². The van der Waals surface area contributed by atoms with Crippen molar-refractivity contribution in [3.05, 3.63) is 84.3 Å². The van der Waals surface area contributed by atoms with Crippen LogP contribution in [0.3, 0.4) is 0 Å². The quantitative estimate of drug-likeness (QED) is 0.375. The minimum Gasteiger partial charge on any atom is -0.440 e. The van der Waals surface area contributed by atoms with Gasteiger partial charge in [0.05, 0.1) is 11.3 Å². The van der Waals surface area contributed by atoms with Crippen molar-refractivity contribution in [1.82, 2.24) is 15.0 Å². The first-order valence-corrected chi connectivity index (χ1v) is 10.9. The summed E-state index contributed by atoms with van der Waals surface area (Å²) in [6.07, 6.45) is 1.87. The van der Waals surface area contributed by atoms with Gasteiger partial charge >= 0.3 is 0 Å². The number of para-hydroxylation sites is 2. The van der Waals surface area contributed by atoms with Gasteiger partial charge in [-0.1, -0.05) is 47.6 Å². The molecule has 1 amide bonds. The molecule has 1 aliphatic heterocycles. The first-order chi connectivity index (χ1) is 15.8. The number of benzene rings is 3. The number of oxazole rings is 1. The molecule has 0 bridgehead atoms. The average molecular weight is 423 g/mol. The highest BCUT2D eigenvalue weighted by molar-refractivity contribution is 6.01. The fourth-order valence-corrected chi connectivity index (χ4v) is 4.48. The predicted molar refractivity (Wildman–Crippen MR) is 121 cm³/mol. The third kappa shape index (κ3) is 3.24. The minimum absolute atomic E-state index is 0.00734. The lowest BCUT2D eigenvalue weighted by atomic mass is 9.97. The van der Waals surface area contributed by atoms with Crippen molar-refractivity contribution in [3.63, 3.8) is 0 Å². The van der Waals surface area contributed by atoms with Gasteiger partial charge in [0, 0.05) is 24.2 Å². The summed E-state index contributed by atoms with van der Waals surface area (Å²) >= 11 is 0. The van der Waals surface area contributed by atoms with E-state index >= 15 is 0 Å². The van der Waals surface area contributed by atoms with E-state index in [1.165, 1.54) is 0 Å². The topological polar surface area (TPSA) is 72.4 Å². The second kappa shape index (κ2) is 7.64. The Labute approximate surface area is 184 Å².